The molecule has 6 N–H and O–H groups in total. The van der Waals surface area contributed by atoms with E-state index in [9.17, 15) is 30.3 Å². The number of aliphatic hydroxyl groups is 5. The van der Waals surface area contributed by atoms with E-state index in [1.54, 1.807) is 6.08 Å². The molecule has 0 saturated carbocycles. The lowest BCUT2D eigenvalue weighted by molar-refractivity contribution is -0.302. The van der Waals surface area contributed by atoms with Crippen molar-refractivity contribution in [1.29, 1.82) is 0 Å². The minimum absolute atomic E-state index is 0.196. The van der Waals surface area contributed by atoms with E-state index >= 15 is 0 Å². The van der Waals surface area contributed by atoms with Crippen LogP contribution in [0.4, 0.5) is 0 Å². The molecule has 390 valence electrons. The number of hydrogen-bond acceptors (Lipinski definition) is 8. The number of rotatable bonds is 47. The Balaban J connectivity index is 2.29. The van der Waals surface area contributed by atoms with E-state index in [2.05, 4.69) is 67.8 Å². The van der Waals surface area contributed by atoms with Crippen molar-refractivity contribution in [3.05, 3.63) is 60.8 Å². The summed E-state index contributed by atoms with van der Waals surface area (Å²) < 4.78 is 11.2. The second-order valence-electron chi connectivity index (χ2n) is 19.4. The third-order valence-electron chi connectivity index (χ3n) is 13.0. The van der Waals surface area contributed by atoms with Crippen LogP contribution in [0.2, 0.25) is 0 Å². The molecule has 9 nitrogen and oxygen atoms in total. The summed E-state index contributed by atoms with van der Waals surface area (Å²) in [7, 11) is 0. The first-order valence-corrected chi connectivity index (χ1v) is 28.0. The first-order chi connectivity index (χ1) is 32.8. The minimum atomic E-state index is -1.58. The second-order valence-corrected chi connectivity index (χ2v) is 19.4. The van der Waals surface area contributed by atoms with Crippen LogP contribution >= 0.6 is 0 Å². The quantitative estimate of drug-likeness (QED) is 0.0261. The number of unbranched alkanes of at least 4 members (excludes halogenated alkanes) is 29. The topological polar surface area (TPSA) is 149 Å². The zero-order valence-corrected chi connectivity index (χ0v) is 43.1. The van der Waals surface area contributed by atoms with Crippen LogP contribution in [-0.4, -0.2) is 87.5 Å². The Labute approximate surface area is 411 Å². The van der Waals surface area contributed by atoms with Crippen LogP contribution in [0, 0.1) is 0 Å². The first kappa shape index (κ1) is 62.9. The number of hydrogen-bond donors (Lipinski definition) is 6. The second kappa shape index (κ2) is 47.6. The molecule has 0 aliphatic carbocycles. The molecule has 0 radical (unpaired) electrons. The van der Waals surface area contributed by atoms with Crippen LogP contribution in [-0.2, 0) is 14.3 Å². The summed E-state index contributed by atoms with van der Waals surface area (Å²) >= 11 is 0. The first-order valence-electron chi connectivity index (χ1n) is 28.0. The molecule has 1 fully saturated rings. The molecule has 1 amide bonds. The Bertz CT molecular complexity index is 1230. The lowest BCUT2D eigenvalue weighted by atomic mass is 9.99. The summed E-state index contributed by atoms with van der Waals surface area (Å²) in [6, 6.07) is -0.833. The van der Waals surface area contributed by atoms with Gasteiger partial charge in [0.15, 0.2) is 6.29 Å². The van der Waals surface area contributed by atoms with Gasteiger partial charge in [0.1, 0.15) is 24.4 Å². The van der Waals surface area contributed by atoms with Crippen LogP contribution in [0.1, 0.15) is 245 Å². The number of amides is 1. The molecule has 0 aromatic rings. The van der Waals surface area contributed by atoms with E-state index in [1.807, 2.05) is 6.08 Å². The van der Waals surface area contributed by atoms with Crippen molar-refractivity contribution in [2.45, 2.75) is 288 Å². The molecular formula is C58H105NO8. The van der Waals surface area contributed by atoms with Gasteiger partial charge in [0, 0.05) is 6.42 Å². The van der Waals surface area contributed by atoms with Crippen molar-refractivity contribution in [2.75, 3.05) is 13.2 Å². The van der Waals surface area contributed by atoms with Gasteiger partial charge in [-0.05, 0) is 77.0 Å². The van der Waals surface area contributed by atoms with Crippen molar-refractivity contribution in [1.82, 2.24) is 5.32 Å². The summed E-state index contributed by atoms with van der Waals surface area (Å²) in [6.45, 7) is 3.74. The van der Waals surface area contributed by atoms with Crippen molar-refractivity contribution in [3.63, 3.8) is 0 Å². The molecule has 7 unspecified atom stereocenters. The van der Waals surface area contributed by atoms with Crippen molar-refractivity contribution < 1.29 is 39.8 Å². The van der Waals surface area contributed by atoms with Crippen molar-refractivity contribution in [3.8, 4) is 0 Å². The Morgan fingerprint density at radius 1 is 0.507 bits per heavy atom. The fraction of sp³-hybridized carbons (Fsp3) is 0.810. The number of allylic oxidation sites excluding steroid dienone is 9. The Morgan fingerprint density at radius 3 is 1.37 bits per heavy atom. The molecule has 9 heteroatoms. The van der Waals surface area contributed by atoms with Crippen LogP contribution in [0.3, 0.4) is 0 Å². The normalized spacial score (nSPS) is 20.1. The average Bonchev–Trinajstić information content (AvgIpc) is 3.33. The van der Waals surface area contributed by atoms with Gasteiger partial charge in [-0.1, -0.05) is 222 Å². The van der Waals surface area contributed by atoms with E-state index in [0.717, 1.165) is 64.2 Å². The molecule has 1 rings (SSSR count). The Hall–Kier alpha value is -2.11. The molecule has 1 aliphatic rings. The maximum Gasteiger partial charge on any atom is 0.220 e. The van der Waals surface area contributed by atoms with Crippen LogP contribution in [0.5, 0.6) is 0 Å². The molecule has 1 saturated heterocycles. The number of carbonyl (C=O) groups excluding carboxylic acids is 1. The molecule has 0 aromatic carbocycles. The highest BCUT2D eigenvalue weighted by molar-refractivity contribution is 5.76. The third-order valence-corrected chi connectivity index (χ3v) is 13.0. The van der Waals surface area contributed by atoms with Crippen molar-refractivity contribution >= 4 is 5.91 Å². The van der Waals surface area contributed by atoms with Gasteiger partial charge in [-0.3, -0.25) is 4.79 Å². The zero-order chi connectivity index (χ0) is 48.7. The number of nitrogens with one attached hydrogen (secondary N) is 1. The molecule has 0 aromatic heterocycles. The largest absolute Gasteiger partial charge is 0.394 e. The highest BCUT2D eigenvalue weighted by Crippen LogP contribution is 2.23. The van der Waals surface area contributed by atoms with E-state index in [4.69, 9.17) is 9.47 Å². The van der Waals surface area contributed by atoms with Gasteiger partial charge in [-0.15, -0.1) is 0 Å². The van der Waals surface area contributed by atoms with Gasteiger partial charge in [0.05, 0.1) is 25.4 Å². The summed E-state index contributed by atoms with van der Waals surface area (Å²) in [5.74, 6) is -0.196. The summed E-state index contributed by atoms with van der Waals surface area (Å²) in [6.07, 6.45) is 57.1. The van der Waals surface area contributed by atoms with E-state index in [-0.39, 0.29) is 12.5 Å². The van der Waals surface area contributed by atoms with Gasteiger partial charge >= 0.3 is 0 Å². The molecule has 7 atom stereocenters. The lowest BCUT2D eigenvalue weighted by Gasteiger charge is -2.40. The van der Waals surface area contributed by atoms with E-state index < -0.39 is 49.5 Å². The Morgan fingerprint density at radius 2 is 0.896 bits per heavy atom. The fourth-order valence-electron chi connectivity index (χ4n) is 8.57. The van der Waals surface area contributed by atoms with Gasteiger partial charge in [0.25, 0.3) is 0 Å². The molecule has 1 aliphatic heterocycles. The predicted octanol–water partition coefficient (Wildman–Crippen LogP) is 13.5. The van der Waals surface area contributed by atoms with E-state index in [0.29, 0.717) is 6.42 Å². The average molecular weight is 944 g/mol. The predicted molar refractivity (Wildman–Crippen MR) is 281 cm³/mol. The number of carbonyl (C=O) groups is 1. The smallest absolute Gasteiger partial charge is 0.220 e. The van der Waals surface area contributed by atoms with Gasteiger partial charge in [-0.25, -0.2) is 0 Å². The van der Waals surface area contributed by atoms with Crippen LogP contribution in [0.25, 0.3) is 0 Å². The van der Waals surface area contributed by atoms with Crippen LogP contribution < -0.4 is 5.32 Å². The fourth-order valence-corrected chi connectivity index (χ4v) is 8.57. The molecule has 0 spiro atoms. The van der Waals surface area contributed by atoms with Crippen molar-refractivity contribution in [2.24, 2.45) is 0 Å². The standard InChI is InChI=1S/C58H105NO8/c1-3-5-7-9-11-13-15-17-19-21-23-24-25-26-27-28-30-31-33-35-37-39-41-43-45-47-52(61)51(50-66-58-57(65)56(64)55(63)53(49-60)67-58)59-54(62)48-46-44-42-40-38-36-34-32-29-22-20-18-16-14-12-10-8-6-4-2/h12,14,18,20,30-31,37,39,45,47,51-53,55-58,60-61,63-65H,3-11,13,15-17,19,21-29,32-36,38,40-44,46,48-50H2,1-2H3,(H,59,62)/b14-12-,20-18-,31-30+,39-37+,47-45+. The Kier molecular flexibility index (Phi) is 44.7. The lowest BCUT2D eigenvalue weighted by Crippen LogP contribution is -2.60. The van der Waals surface area contributed by atoms with E-state index in [1.165, 1.54) is 161 Å². The third kappa shape index (κ3) is 37.4. The number of aliphatic hydroxyl groups excluding tert-OH is 5. The summed E-state index contributed by atoms with van der Waals surface area (Å²) in [5, 5.41) is 54.4. The minimum Gasteiger partial charge on any atom is -0.394 e. The zero-order valence-electron chi connectivity index (χ0n) is 43.1. The summed E-state index contributed by atoms with van der Waals surface area (Å²) in [5.41, 5.74) is 0. The molecular weight excluding hydrogens is 839 g/mol. The maximum atomic E-state index is 13.0. The van der Waals surface area contributed by atoms with Crippen LogP contribution in [0.15, 0.2) is 60.8 Å². The highest BCUT2D eigenvalue weighted by Gasteiger charge is 2.44. The number of ether oxygens (including phenoxy) is 2. The summed E-state index contributed by atoms with van der Waals surface area (Å²) in [4.78, 5) is 13.0. The molecule has 0 bridgehead atoms. The molecule has 1 heterocycles. The monoisotopic (exact) mass is 944 g/mol. The molecule has 67 heavy (non-hydrogen) atoms. The highest BCUT2D eigenvalue weighted by atomic mass is 16.7. The maximum absolute atomic E-state index is 13.0. The van der Waals surface area contributed by atoms with Gasteiger partial charge in [-0.2, -0.15) is 0 Å². The van der Waals surface area contributed by atoms with Gasteiger partial charge in [0.2, 0.25) is 5.91 Å². The SMILES string of the molecule is CCCCC/C=C\C/C=C\CCCCCCCCCCCC(=O)NC(COC1OC(CO)C(O)C(O)C1O)C(O)/C=C/CC/C=C/CC/C=C/CCCCCCCCCCCCCCCCC. The van der Waals surface area contributed by atoms with Gasteiger partial charge < -0.3 is 40.3 Å².